The molecule has 0 aromatic heterocycles. The highest BCUT2D eigenvalue weighted by atomic mass is 16.1. The van der Waals surface area contributed by atoms with E-state index < -0.39 is 0 Å². The van der Waals surface area contributed by atoms with E-state index in [2.05, 4.69) is 6.92 Å². The lowest BCUT2D eigenvalue weighted by Gasteiger charge is -2.33. The van der Waals surface area contributed by atoms with Gasteiger partial charge < -0.3 is 0 Å². The van der Waals surface area contributed by atoms with Crippen LogP contribution in [0, 0.1) is 17.8 Å². The highest BCUT2D eigenvalue weighted by Crippen LogP contribution is 2.35. The van der Waals surface area contributed by atoms with Gasteiger partial charge in [0.15, 0.2) is 0 Å². The van der Waals surface area contributed by atoms with Crippen LogP contribution >= 0.6 is 0 Å². The fourth-order valence-electron chi connectivity index (χ4n) is 2.56. The van der Waals surface area contributed by atoms with Crippen LogP contribution < -0.4 is 0 Å². The van der Waals surface area contributed by atoms with Gasteiger partial charge in [-0.25, -0.2) is 0 Å². The molecule has 3 unspecified atom stereocenters. The average molecular weight is 182 g/mol. The lowest BCUT2D eigenvalue weighted by molar-refractivity contribution is -0.133. The molecule has 3 atom stereocenters. The van der Waals surface area contributed by atoms with Crippen molar-refractivity contribution in [3.63, 3.8) is 0 Å². The topological polar surface area (TPSA) is 34.1 Å². The lowest BCUT2D eigenvalue weighted by Crippen LogP contribution is -2.35. The lowest BCUT2D eigenvalue weighted by atomic mass is 9.70. The minimum Gasteiger partial charge on any atom is -0.300 e. The second kappa shape index (κ2) is 4.03. The molecule has 1 aliphatic carbocycles. The highest BCUT2D eigenvalue weighted by molar-refractivity contribution is 5.87. The zero-order valence-corrected chi connectivity index (χ0v) is 8.67. The number of hydrogen-bond acceptors (Lipinski definition) is 2. The molecule has 2 nitrogen and oxygen atoms in total. The Bertz CT molecular complexity index is 220. The molecule has 0 aromatic rings. The summed E-state index contributed by atoms with van der Waals surface area (Å²) in [5.41, 5.74) is 0. The maximum Gasteiger partial charge on any atom is 0.133 e. The molecule has 1 saturated carbocycles. The Morgan fingerprint density at radius 2 is 1.69 bits per heavy atom. The number of Topliss-reactive ketones (excluding diaryl/α,β-unsaturated/α-hetero) is 2. The third kappa shape index (κ3) is 2.17. The maximum absolute atomic E-state index is 11.4. The Labute approximate surface area is 79.7 Å². The summed E-state index contributed by atoms with van der Waals surface area (Å²) in [6, 6.07) is 0. The van der Waals surface area contributed by atoms with Gasteiger partial charge in [-0.15, -0.1) is 0 Å². The van der Waals surface area contributed by atoms with Gasteiger partial charge in [-0.1, -0.05) is 13.3 Å². The van der Waals surface area contributed by atoms with Crippen molar-refractivity contribution in [3.05, 3.63) is 0 Å². The molecule has 2 heteroatoms. The van der Waals surface area contributed by atoms with Crippen molar-refractivity contribution in [3.8, 4) is 0 Å². The SMILES string of the molecule is CC(=O)C1CCCC(C)C1C(C)=O. The summed E-state index contributed by atoms with van der Waals surface area (Å²) in [4.78, 5) is 22.7. The molecule has 0 radical (unpaired) electrons. The van der Waals surface area contributed by atoms with Crippen molar-refractivity contribution in [2.24, 2.45) is 17.8 Å². The number of ketones is 2. The van der Waals surface area contributed by atoms with Crippen LogP contribution in [0.25, 0.3) is 0 Å². The standard InChI is InChI=1S/C11H18O2/c1-7-5-4-6-10(8(2)12)11(7)9(3)13/h7,10-11H,4-6H2,1-3H3. The van der Waals surface area contributed by atoms with Crippen LogP contribution in [-0.2, 0) is 9.59 Å². The number of hydrogen-bond donors (Lipinski definition) is 0. The summed E-state index contributed by atoms with van der Waals surface area (Å²) < 4.78 is 0. The van der Waals surface area contributed by atoms with Crippen LogP contribution in [-0.4, -0.2) is 11.6 Å². The molecule has 0 spiro atoms. The van der Waals surface area contributed by atoms with E-state index in [0.717, 1.165) is 19.3 Å². The second-order valence-electron chi connectivity index (χ2n) is 4.26. The van der Waals surface area contributed by atoms with Gasteiger partial charge in [0.05, 0.1) is 0 Å². The largest absolute Gasteiger partial charge is 0.300 e. The van der Waals surface area contributed by atoms with E-state index >= 15 is 0 Å². The molecule has 0 heterocycles. The zero-order chi connectivity index (χ0) is 10.0. The van der Waals surface area contributed by atoms with Gasteiger partial charge >= 0.3 is 0 Å². The minimum absolute atomic E-state index is 0.00116. The van der Waals surface area contributed by atoms with E-state index in [4.69, 9.17) is 0 Å². The van der Waals surface area contributed by atoms with E-state index in [-0.39, 0.29) is 23.4 Å². The number of rotatable bonds is 2. The van der Waals surface area contributed by atoms with Crippen LogP contribution in [0.15, 0.2) is 0 Å². The molecule has 0 aromatic carbocycles. The van der Waals surface area contributed by atoms with Gasteiger partial charge in [0.25, 0.3) is 0 Å². The van der Waals surface area contributed by atoms with Crippen LogP contribution in [0.2, 0.25) is 0 Å². The molecule has 1 aliphatic rings. The van der Waals surface area contributed by atoms with E-state index in [9.17, 15) is 9.59 Å². The van der Waals surface area contributed by atoms with Gasteiger partial charge in [-0.2, -0.15) is 0 Å². The zero-order valence-electron chi connectivity index (χ0n) is 8.67. The number of carbonyl (C=O) groups is 2. The Kier molecular flexibility index (Phi) is 3.23. The van der Waals surface area contributed by atoms with E-state index in [1.165, 1.54) is 0 Å². The summed E-state index contributed by atoms with van der Waals surface area (Å²) in [6.07, 6.45) is 3.09. The van der Waals surface area contributed by atoms with Crippen LogP contribution in [0.3, 0.4) is 0 Å². The summed E-state index contributed by atoms with van der Waals surface area (Å²) in [5.74, 6) is 0.756. The van der Waals surface area contributed by atoms with E-state index in [1.807, 2.05) is 0 Å². The second-order valence-corrected chi connectivity index (χ2v) is 4.26. The van der Waals surface area contributed by atoms with Crippen molar-refractivity contribution in [1.82, 2.24) is 0 Å². The predicted octanol–water partition coefficient (Wildman–Crippen LogP) is 2.22. The van der Waals surface area contributed by atoms with Crippen molar-refractivity contribution < 1.29 is 9.59 Å². The van der Waals surface area contributed by atoms with Crippen LogP contribution in [0.5, 0.6) is 0 Å². The third-order valence-corrected chi connectivity index (χ3v) is 3.21. The molecule has 74 valence electrons. The Balaban J connectivity index is 2.80. The van der Waals surface area contributed by atoms with E-state index in [1.54, 1.807) is 13.8 Å². The summed E-state index contributed by atoms with van der Waals surface area (Å²) >= 11 is 0. The molecule has 0 amide bonds. The molecular weight excluding hydrogens is 164 g/mol. The average Bonchev–Trinajstić information content (AvgIpc) is 2.02. The van der Waals surface area contributed by atoms with Crippen molar-refractivity contribution in [2.75, 3.05) is 0 Å². The third-order valence-electron chi connectivity index (χ3n) is 3.21. The molecule has 0 saturated heterocycles. The van der Waals surface area contributed by atoms with Crippen molar-refractivity contribution >= 4 is 11.6 Å². The predicted molar refractivity (Wildman–Crippen MR) is 51.4 cm³/mol. The summed E-state index contributed by atoms with van der Waals surface area (Å²) in [6.45, 7) is 5.31. The monoisotopic (exact) mass is 182 g/mol. The molecular formula is C11H18O2. The van der Waals surface area contributed by atoms with Gasteiger partial charge in [0.1, 0.15) is 11.6 Å². The Hall–Kier alpha value is -0.660. The molecule has 0 aliphatic heterocycles. The van der Waals surface area contributed by atoms with Crippen LogP contribution in [0.1, 0.15) is 40.0 Å². The first-order valence-electron chi connectivity index (χ1n) is 5.05. The highest BCUT2D eigenvalue weighted by Gasteiger charge is 2.36. The molecule has 1 fully saturated rings. The van der Waals surface area contributed by atoms with Gasteiger partial charge in [0.2, 0.25) is 0 Å². The summed E-state index contributed by atoms with van der Waals surface area (Å²) in [7, 11) is 0. The normalized spacial score (nSPS) is 34.2. The first-order chi connectivity index (χ1) is 6.04. The number of carbonyl (C=O) groups excluding carboxylic acids is 2. The molecule has 1 rings (SSSR count). The molecule has 0 bridgehead atoms. The van der Waals surface area contributed by atoms with Gasteiger partial charge in [0, 0.05) is 11.8 Å². The molecule has 0 N–H and O–H groups in total. The quantitative estimate of drug-likeness (QED) is 0.656. The van der Waals surface area contributed by atoms with Crippen molar-refractivity contribution in [1.29, 1.82) is 0 Å². The van der Waals surface area contributed by atoms with Crippen molar-refractivity contribution in [2.45, 2.75) is 40.0 Å². The smallest absolute Gasteiger partial charge is 0.133 e. The maximum atomic E-state index is 11.4. The van der Waals surface area contributed by atoms with Gasteiger partial charge in [-0.3, -0.25) is 9.59 Å². The molecule has 13 heavy (non-hydrogen) atoms. The van der Waals surface area contributed by atoms with Crippen LogP contribution in [0.4, 0.5) is 0 Å². The minimum atomic E-state index is -0.00810. The fourth-order valence-corrected chi connectivity index (χ4v) is 2.56. The first kappa shape index (κ1) is 10.4. The van der Waals surface area contributed by atoms with Gasteiger partial charge in [-0.05, 0) is 32.6 Å². The Morgan fingerprint density at radius 3 is 2.08 bits per heavy atom. The Morgan fingerprint density at radius 1 is 1.08 bits per heavy atom. The first-order valence-corrected chi connectivity index (χ1v) is 5.05. The summed E-state index contributed by atoms with van der Waals surface area (Å²) in [5, 5.41) is 0. The fraction of sp³-hybridized carbons (Fsp3) is 0.818. The van der Waals surface area contributed by atoms with E-state index in [0.29, 0.717) is 5.92 Å².